The molecule has 0 saturated heterocycles. The zero-order valence-corrected chi connectivity index (χ0v) is 18.9. The molecule has 1 atom stereocenters. The predicted molar refractivity (Wildman–Crippen MR) is 124 cm³/mol. The fraction of sp³-hybridized carbons (Fsp3) is 0.250. The molecule has 1 N–H and O–H groups in total. The molecule has 4 rings (SSSR count). The van der Waals surface area contributed by atoms with E-state index in [0.717, 1.165) is 27.3 Å². The molecule has 0 saturated carbocycles. The van der Waals surface area contributed by atoms with E-state index in [0.29, 0.717) is 17.2 Å². The van der Waals surface area contributed by atoms with E-state index in [1.165, 1.54) is 4.40 Å². The van der Waals surface area contributed by atoms with E-state index >= 15 is 0 Å². The molecule has 0 aliphatic rings. The van der Waals surface area contributed by atoms with E-state index in [1.54, 1.807) is 27.2 Å². The number of benzene rings is 2. The summed E-state index contributed by atoms with van der Waals surface area (Å²) in [5.41, 5.74) is 2.49. The Morgan fingerprint density at radius 1 is 1.03 bits per heavy atom. The quantitative estimate of drug-likeness (QED) is 0.468. The van der Waals surface area contributed by atoms with Crippen LogP contribution in [0.15, 0.2) is 59.4 Å². The Hall–Kier alpha value is -4.14. The van der Waals surface area contributed by atoms with Gasteiger partial charge in [-0.3, -0.25) is 4.79 Å². The number of hydrogen-bond acceptors (Lipinski definition) is 6. The molecule has 2 heterocycles. The molecule has 0 aliphatic carbocycles. The first-order valence-electron chi connectivity index (χ1n) is 10.4. The highest BCUT2D eigenvalue weighted by atomic mass is 16.5. The summed E-state index contributed by atoms with van der Waals surface area (Å²) in [4.78, 5) is 30.0. The fourth-order valence-electron chi connectivity index (χ4n) is 3.61. The molecule has 9 nitrogen and oxygen atoms in total. The minimum Gasteiger partial charge on any atom is -0.497 e. The number of aryl methyl sites for hydroxylation is 1. The molecule has 4 aromatic rings. The Balaban J connectivity index is 1.55. The van der Waals surface area contributed by atoms with Crippen molar-refractivity contribution in [1.29, 1.82) is 0 Å². The first-order chi connectivity index (χ1) is 15.9. The average molecular weight is 447 g/mol. The second-order valence-electron chi connectivity index (χ2n) is 7.61. The Bertz CT molecular complexity index is 1340. The highest BCUT2D eigenvalue weighted by Gasteiger charge is 2.16. The van der Waals surface area contributed by atoms with Crippen LogP contribution in [0.25, 0.3) is 16.9 Å². The maximum Gasteiger partial charge on any atom is 0.352 e. The molecule has 9 heteroatoms. The molecule has 2 aromatic heterocycles. The van der Waals surface area contributed by atoms with Gasteiger partial charge in [0.25, 0.3) is 0 Å². The number of methoxy groups -OCH3 is 2. The second kappa shape index (κ2) is 9.15. The summed E-state index contributed by atoms with van der Waals surface area (Å²) in [6.45, 7) is 3.42. The van der Waals surface area contributed by atoms with E-state index in [2.05, 4.69) is 15.4 Å². The van der Waals surface area contributed by atoms with Crippen LogP contribution in [-0.2, 0) is 11.3 Å². The largest absolute Gasteiger partial charge is 0.497 e. The summed E-state index contributed by atoms with van der Waals surface area (Å²) >= 11 is 0. The van der Waals surface area contributed by atoms with Crippen LogP contribution in [0.2, 0.25) is 0 Å². The lowest BCUT2D eigenvalue weighted by Crippen LogP contribution is -2.34. The lowest BCUT2D eigenvalue weighted by atomic mass is 10.1. The molecule has 0 spiro atoms. The number of nitrogens with zero attached hydrogens (tertiary/aromatic N) is 4. The van der Waals surface area contributed by atoms with Crippen molar-refractivity contribution in [1.82, 2.24) is 24.5 Å². The van der Waals surface area contributed by atoms with Gasteiger partial charge >= 0.3 is 5.69 Å². The third kappa shape index (κ3) is 4.57. The van der Waals surface area contributed by atoms with Crippen LogP contribution in [0.4, 0.5) is 0 Å². The van der Waals surface area contributed by atoms with E-state index in [9.17, 15) is 9.59 Å². The summed E-state index contributed by atoms with van der Waals surface area (Å²) in [6, 6.07) is 16.4. The van der Waals surface area contributed by atoms with Crippen LogP contribution in [-0.4, -0.2) is 39.3 Å². The normalized spacial score (nSPS) is 11.9. The maximum atomic E-state index is 12.9. The summed E-state index contributed by atoms with van der Waals surface area (Å²) in [7, 11) is 3.21. The van der Waals surface area contributed by atoms with E-state index in [-0.39, 0.29) is 18.5 Å². The number of fused-ring (bicyclic) bond motifs is 1. The molecule has 0 aliphatic heterocycles. The number of hydrogen-bond donors (Lipinski definition) is 1. The van der Waals surface area contributed by atoms with Crippen LogP contribution in [0.5, 0.6) is 11.5 Å². The van der Waals surface area contributed by atoms with Crippen molar-refractivity contribution < 1.29 is 14.3 Å². The van der Waals surface area contributed by atoms with Gasteiger partial charge in [0.05, 0.1) is 26.0 Å². The smallest absolute Gasteiger partial charge is 0.352 e. The third-order valence-corrected chi connectivity index (χ3v) is 5.41. The van der Waals surface area contributed by atoms with Gasteiger partial charge in [-0.2, -0.15) is 0 Å². The van der Waals surface area contributed by atoms with Crippen molar-refractivity contribution in [3.8, 4) is 22.8 Å². The molecule has 0 radical (unpaired) electrons. The van der Waals surface area contributed by atoms with Gasteiger partial charge in [-0.25, -0.2) is 18.9 Å². The molecule has 0 fully saturated rings. The lowest BCUT2D eigenvalue weighted by Gasteiger charge is -2.14. The minimum absolute atomic E-state index is 0.196. The first kappa shape index (κ1) is 22.1. The van der Waals surface area contributed by atoms with Crippen molar-refractivity contribution >= 4 is 11.6 Å². The summed E-state index contributed by atoms with van der Waals surface area (Å²) in [5, 5.41) is 7.26. The zero-order valence-electron chi connectivity index (χ0n) is 18.9. The van der Waals surface area contributed by atoms with E-state index in [1.807, 2.05) is 55.5 Å². The number of rotatable bonds is 7. The van der Waals surface area contributed by atoms with Crippen LogP contribution in [0.1, 0.15) is 24.4 Å². The van der Waals surface area contributed by atoms with Gasteiger partial charge in [0.1, 0.15) is 23.9 Å². The Labute approximate surface area is 190 Å². The third-order valence-electron chi connectivity index (χ3n) is 5.41. The van der Waals surface area contributed by atoms with Crippen molar-refractivity contribution in [3.63, 3.8) is 0 Å². The van der Waals surface area contributed by atoms with Crippen LogP contribution < -0.4 is 20.5 Å². The number of amides is 1. The molecule has 33 heavy (non-hydrogen) atoms. The molecule has 1 amide bonds. The maximum absolute atomic E-state index is 12.9. The summed E-state index contributed by atoms with van der Waals surface area (Å²) in [5.74, 6) is 1.66. The zero-order chi connectivity index (χ0) is 23.5. The number of nitrogens with one attached hydrogen (secondary N) is 1. The van der Waals surface area contributed by atoms with Crippen molar-refractivity contribution in [2.75, 3.05) is 14.2 Å². The summed E-state index contributed by atoms with van der Waals surface area (Å²) in [6.07, 6.45) is 0. The highest BCUT2D eigenvalue weighted by molar-refractivity contribution is 5.76. The number of carbonyl (C=O) groups excluding carboxylic acids is 1. The molecule has 170 valence electrons. The predicted octanol–water partition coefficient (Wildman–Crippen LogP) is 2.76. The Morgan fingerprint density at radius 3 is 2.24 bits per heavy atom. The van der Waals surface area contributed by atoms with Gasteiger partial charge < -0.3 is 14.8 Å². The van der Waals surface area contributed by atoms with Crippen molar-refractivity contribution in [2.45, 2.75) is 26.4 Å². The van der Waals surface area contributed by atoms with Gasteiger partial charge in [0.2, 0.25) is 5.91 Å². The topological polar surface area (TPSA) is 99.8 Å². The first-order valence-corrected chi connectivity index (χ1v) is 10.4. The number of ether oxygens (including phenoxy) is 2. The van der Waals surface area contributed by atoms with Gasteiger partial charge in [-0.1, -0.05) is 12.1 Å². The van der Waals surface area contributed by atoms with Crippen LogP contribution in [0.3, 0.4) is 0 Å². The highest BCUT2D eigenvalue weighted by Crippen LogP contribution is 2.22. The van der Waals surface area contributed by atoms with Gasteiger partial charge in [-0.15, -0.1) is 5.10 Å². The number of carbonyl (C=O) groups is 1. The lowest BCUT2D eigenvalue weighted by molar-refractivity contribution is -0.122. The average Bonchev–Trinajstić information content (AvgIpc) is 3.14. The van der Waals surface area contributed by atoms with E-state index in [4.69, 9.17) is 9.47 Å². The monoisotopic (exact) mass is 447 g/mol. The minimum atomic E-state index is -0.413. The SMILES string of the molecule is COc1ccc(-c2cc3nn(CC(=O)N[C@@H](C)c4ccc(OC)cc4)c(=O)n3c(C)n2)cc1. The molecular weight excluding hydrogens is 422 g/mol. The van der Waals surface area contributed by atoms with Gasteiger partial charge in [0, 0.05) is 11.6 Å². The Morgan fingerprint density at radius 2 is 1.64 bits per heavy atom. The second-order valence-corrected chi connectivity index (χ2v) is 7.61. The summed E-state index contributed by atoms with van der Waals surface area (Å²) < 4.78 is 12.9. The molecule has 0 bridgehead atoms. The fourth-order valence-corrected chi connectivity index (χ4v) is 3.61. The van der Waals surface area contributed by atoms with Crippen LogP contribution >= 0.6 is 0 Å². The van der Waals surface area contributed by atoms with Gasteiger partial charge in [0.15, 0.2) is 5.65 Å². The van der Waals surface area contributed by atoms with E-state index < -0.39 is 5.69 Å². The molecule has 0 unspecified atom stereocenters. The number of aromatic nitrogens is 4. The van der Waals surface area contributed by atoms with Crippen molar-refractivity contribution in [3.05, 3.63) is 76.5 Å². The van der Waals surface area contributed by atoms with Crippen LogP contribution in [0, 0.1) is 6.92 Å². The van der Waals surface area contributed by atoms with Crippen molar-refractivity contribution in [2.24, 2.45) is 0 Å². The molecular formula is C24H25N5O4. The van der Waals surface area contributed by atoms with Gasteiger partial charge in [-0.05, 0) is 55.8 Å². The Kier molecular flexibility index (Phi) is 6.12. The standard InChI is InChI=1S/C24H25N5O4/c1-15(17-5-9-19(32-3)10-6-17)25-23(30)14-28-24(31)29-16(2)26-21(13-22(29)27-28)18-7-11-20(33-4)12-8-18/h5-13,15H,14H2,1-4H3,(H,25,30)/t15-/m0/s1. The molecule has 2 aromatic carbocycles.